The highest BCUT2D eigenvalue weighted by Crippen LogP contribution is 2.34. The van der Waals surface area contributed by atoms with E-state index in [1.54, 1.807) is 12.3 Å². The van der Waals surface area contributed by atoms with Crippen LogP contribution in [0.5, 0.6) is 0 Å². The van der Waals surface area contributed by atoms with E-state index in [0.29, 0.717) is 28.2 Å². The maximum atomic E-state index is 9.33. The Morgan fingerprint density at radius 1 is 1.10 bits per heavy atom. The molecule has 1 aromatic carbocycles. The van der Waals surface area contributed by atoms with Crippen LogP contribution in [0.3, 0.4) is 0 Å². The number of rotatable bonds is 4. The van der Waals surface area contributed by atoms with E-state index in [9.17, 15) is 5.26 Å². The highest BCUT2D eigenvalue weighted by atomic mass is 35.5. The summed E-state index contributed by atoms with van der Waals surface area (Å²) in [6, 6.07) is 15.6. The van der Waals surface area contributed by atoms with Gasteiger partial charge in [0.2, 0.25) is 5.95 Å². The van der Waals surface area contributed by atoms with Gasteiger partial charge in [0.1, 0.15) is 0 Å². The van der Waals surface area contributed by atoms with Crippen molar-refractivity contribution < 1.29 is 0 Å². The Kier molecular flexibility index (Phi) is 4.82. The van der Waals surface area contributed by atoms with E-state index in [-0.39, 0.29) is 0 Å². The molecule has 6 nitrogen and oxygen atoms in total. The number of fused-ring (bicyclic) bond motifs is 1. The SMILES string of the molecule is N#Cc1cccc(-c2nc3c(Cl)cccn3c2-c2ccnc(NC3CCCC3)n2)c1. The summed E-state index contributed by atoms with van der Waals surface area (Å²) in [7, 11) is 0. The third-order valence-electron chi connectivity index (χ3n) is 5.45. The molecule has 3 heterocycles. The number of imidazole rings is 1. The van der Waals surface area contributed by atoms with Gasteiger partial charge in [-0.3, -0.25) is 4.40 Å². The van der Waals surface area contributed by atoms with Crippen LogP contribution in [-0.2, 0) is 0 Å². The zero-order chi connectivity index (χ0) is 20.5. The lowest BCUT2D eigenvalue weighted by Crippen LogP contribution is -2.16. The highest BCUT2D eigenvalue weighted by molar-refractivity contribution is 6.33. The number of anilines is 1. The lowest BCUT2D eigenvalue weighted by atomic mass is 10.1. The van der Waals surface area contributed by atoms with Gasteiger partial charge in [-0.05, 0) is 43.2 Å². The Hall–Kier alpha value is -3.43. The first-order chi connectivity index (χ1) is 14.7. The summed E-state index contributed by atoms with van der Waals surface area (Å²) in [5, 5.41) is 13.3. The molecule has 0 aliphatic heterocycles. The van der Waals surface area contributed by atoms with E-state index in [0.717, 1.165) is 35.5 Å². The lowest BCUT2D eigenvalue weighted by Gasteiger charge is -2.12. The number of nitrogens with one attached hydrogen (secondary N) is 1. The highest BCUT2D eigenvalue weighted by Gasteiger charge is 2.20. The van der Waals surface area contributed by atoms with Gasteiger partial charge in [-0.1, -0.05) is 36.6 Å². The molecule has 3 aromatic heterocycles. The molecule has 1 N–H and O–H groups in total. The van der Waals surface area contributed by atoms with E-state index < -0.39 is 0 Å². The lowest BCUT2D eigenvalue weighted by molar-refractivity contribution is 0.744. The molecular formula is C23H19ClN6. The van der Waals surface area contributed by atoms with Crippen LogP contribution in [0.15, 0.2) is 54.9 Å². The molecular weight excluding hydrogens is 396 g/mol. The number of hydrogen-bond donors (Lipinski definition) is 1. The van der Waals surface area contributed by atoms with Crippen LogP contribution in [0.25, 0.3) is 28.3 Å². The van der Waals surface area contributed by atoms with Crippen molar-refractivity contribution >= 4 is 23.2 Å². The van der Waals surface area contributed by atoms with Crippen molar-refractivity contribution in [2.24, 2.45) is 0 Å². The van der Waals surface area contributed by atoms with Crippen LogP contribution in [0.2, 0.25) is 5.02 Å². The van der Waals surface area contributed by atoms with Crippen molar-refractivity contribution in [2.45, 2.75) is 31.7 Å². The fourth-order valence-corrected chi connectivity index (χ4v) is 4.24. The second kappa shape index (κ2) is 7.77. The summed E-state index contributed by atoms with van der Waals surface area (Å²) in [5.74, 6) is 0.619. The van der Waals surface area contributed by atoms with Gasteiger partial charge in [0.05, 0.1) is 33.7 Å². The monoisotopic (exact) mass is 414 g/mol. The summed E-state index contributed by atoms with van der Waals surface area (Å²) in [6.07, 6.45) is 8.45. The van der Waals surface area contributed by atoms with Crippen LogP contribution in [-0.4, -0.2) is 25.4 Å². The van der Waals surface area contributed by atoms with Crippen LogP contribution in [0.4, 0.5) is 5.95 Å². The second-order valence-corrected chi connectivity index (χ2v) is 7.85. The zero-order valence-electron chi connectivity index (χ0n) is 16.2. The minimum Gasteiger partial charge on any atom is -0.351 e. The molecule has 1 fully saturated rings. The van der Waals surface area contributed by atoms with Gasteiger partial charge in [-0.2, -0.15) is 5.26 Å². The van der Waals surface area contributed by atoms with Gasteiger partial charge < -0.3 is 5.32 Å². The van der Waals surface area contributed by atoms with Crippen LogP contribution in [0, 0.1) is 11.3 Å². The minimum absolute atomic E-state index is 0.420. The van der Waals surface area contributed by atoms with Crippen LogP contribution < -0.4 is 5.32 Å². The first-order valence-corrected chi connectivity index (χ1v) is 10.4. The number of nitriles is 1. The third kappa shape index (κ3) is 3.38. The van der Waals surface area contributed by atoms with Crippen LogP contribution >= 0.6 is 11.6 Å². The number of hydrogen-bond acceptors (Lipinski definition) is 5. The predicted octanol–water partition coefficient (Wildman–Crippen LogP) is 5.34. The maximum Gasteiger partial charge on any atom is 0.223 e. The molecule has 4 aromatic rings. The second-order valence-electron chi connectivity index (χ2n) is 7.44. The van der Waals surface area contributed by atoms with Crippen molar-refractivity contribution in [3.05, 3.63) is 65.4 Å². The quantitative estimate of drug-likeness (QED) is 0.487. The molecule has 148 valence electrons. The van der Waals surface area contributed by atoms with Gasteiger partial charge in [0, 0.05) is 24.0 Å². The fraction of sp³-hybridized carbons (Fsp3) is 0.217. The third-order valence-corrected chi connectivity index (χ3v) is 5.75. The van der Waals surface area contributed by atoms with Crippen molar-refractivity contribution in [1.29, 1.82) is 5.26 Å². The number of halogens is 1. The number of benzene rings is 1. The van der Waals surface area contributed by atoms with E-state index >= 15 is 0 Å². The minimum atomic E-state index is 0.420. The molecule has 0 radical (unpaired) electrons. The molecule has 0 unspecified atom stereocenters. The number of aromatic nitrogens is 4. The number of pyridine rings is 1. The molecule has 1 saturated carbocycles. The zero-order valence-corrected chi connectivity index (χ0v) is 17.0. The number of nitrogens with zero attached hydrogens (tertiary/aromatic N) is 5. The first kappa shape index (κ1) is 18.6. The Morgan fingerprint density at radius 2 is 1.97 bits per heavy atom. The largest absolute Gasteiger partial charge is 0.351 e. The Labute approximate surface area is 179 Å². The summed E-state index contributed by atoms with van der Waals surface area (Å²) in [4.78, 5) is 14.0. The van der Waals surface area contributed by atoms with E-state index in [2.05, 4.69) is 16.4 Å². The van der Waals surface area contributed by atoms with Gasteiger partial charge in [-0.15, -0.1) is 0 Å². The summed E-state index contributed by atoms with van der Waals surface area (Å²) in [5.41, 5.74) is 4.36. The van der Waals surface area contributed by atoms with Crippen molar-refractivity contribution in [1.82, 2.24) is 19.4 Å². The maximum absolute atomic E-state index is 9.33. The Morgan fingerprint density at radius 3 is 2.80 bits per heavy atom. The molecule has 0 saturated heterocycles. The average Bonchev–Trinajstić information content (AvgIpc) is 3.42. The Bertz CT molecular complexity index is 1270. The molecule has 1 aliphatic carbocycles. The van der Waals surface area contributed by atoms with Gasteiger partial charge in [0.15, 0.2) is 5.65 Å². The standard InChI is InChI=1S/C23H19ClN6/c24-18-9-4-12-30-21(19-10-11-26-23(28-19)27-17-7-1-2-8-17)20(29-22(18)30)16-6-3-5-15(13-16)14-25/h3-6,9-13,17H,1-2,7-8H2,(H,26,27,28). The van der Waals surface area contributed by atoms with Gasteiger partial charge in [-0.25, -0.2) is 15.0 Å². The summed E-state index contributed by atoms with van der Waals surface area (Å²) < 4.78 is 1.94. The average molecular weight is 415 g/mol. The summed E-state index contributed by atoms with van der Waals surface area (Å²) >= 11 is 6.44. The van der Waals surface area contributed by atoms with Gasteiger partial charge >= 0.3 is 0 Å². The summed E-state index contributed by atoms with van der Waals surface area (Å²) in [6.45, 7) is 0. The smallest absolute Gasteiger partial charge is 0.223 e. The predicted molar refractivity (Wildman–Crippen MR) is 117 cm³/mol. The molecule has 0 spiro atoms. The molecule has 7 heteroatoms. The molecule has 30 heavy (non-hydrogen) atoms. The molecule has 5 rings (SSSR count). The Balaban J connectivity index is 1.68. The fourth-order valence-electron chi connectivity index (χ4n) is 4.03. The topological polar surface area (TPSA) is 78.9 Å². The van der Waals surface area contributed by atoms with E-state index in [1.165, 1.54) is 12.8 Å². The molecule has 0 atom stereocenters. The molecule has 1 aliphatic rings. The van der Waals surface area contributed by atoms with Gasteiger partial charge in [0.25, 0.3) is 0 Å². The molecule has 0 amide bonds. The van der Waals surface area contributed by atoms with Crippen molar-refractivity contribution in [3.8, 4) is 28.7 Å². The van der Waals surface area contributed by atoms with Crippen molar-refractivity contribution in [3.63, 3.8) is 0 Å². The van der Waals surface area contributed by atoms with Crippen LogP contribution in [0.1, 0.15) is 31.2 Å². The normalized spacial score (nSPS) is 14.1. The van der Waals surface area contributed by atoms with E-state index in [4.69, 9.17) is 21.6 Å². The molecule has 0 bridgehead atoms. The first-order valence-electron chi connectivity index (χ1n) is 10.00. The van der Waals surface area contributed by atoms with Crippen molar-refractivity contribution in [2.75, 3.05) is 5.32 Å². The van der Waals surface area contributed by atoms with E-state index in [1.807, 2.05) is 47.0 Å².